The van der Waals surface area contributed by atoms with E-state index in [1.165, 1.54) is 55.5 Å². The molecule has 0 aliphatic rings. The Morgan fingerprint density at radius 2 is 1.76 bits per heavy atom. The molecule has 3 rings (SSSR count). The van der Waals surface area contributed by atoms with Crippen LogP contribution in [0.2, 0.25) is 0 Å². The van der Waals surface area contributed by atoms with Gasteiger partial charge in [0.25, 0.3) is 5.91 Å². The molecule has 0 radical (unpaired) electrons. The smallest absolute Gasteiger partial charge is 0.405 e. The highest BCUT2D eigenvalue weighted by Crippen LogP contribution is 2.36. The molecule has 11 heteroatoms. The third kappa shape index (κ3) is 6.13. The molecule has 0 aliphatic heterocycles. The van der Waals surface area contributed by atoms with Crippen molar-refractivity contribution in [1.82, 2.24) is 0 Å². The quantitative estimate of drug-likeness (QED) is 0.459. The number of nitrogens with two attached hydrogens (primary N) is 1. The fourth-order valence-corrected chi connectivity index (χ4v) is 4.24. The second kappa shape index (κ2) is 9.84. The van der Waals surface area contributed by atoms with E-state index in [1.54, 1.807) is 12.1 Å². The van der Waals surface area contributed by atoms with E-state index < -0.39 is 28.0 Å². The number of anilines is 1. The van der Waals surface area contributed by atoms with Crippen LogP contribution in [0.1, 0.15) is 21.5 Å². The molecule has 0 bridgehead atoms. The number of aryl methyl sites for hydroxylation is 1. The van der Waals surface area contributed by atoms with Crippen molar-refractivity contribution in [2.24, 2.45) is 5.14 Å². The minimum atomic E-state index is -4.88. The zero-order chi connectivity index (χ0) is 25.1. The Bertz CT molecular complexity index is 1320. The lowest BCUT2D eigenvalue weighted by Crippen LogP contribution is -2.17. The third-order valence-corrected chi connectivity index (χ3v) is 5.96. The number of primary sulfonamides is 1. The van der Waals surface area contributed by atoms with Crippen molar-refractivity contribution < 1.29 is 36.2 Å². The summed E-state index contributed by atoms with van der Waals surface area (Å²) < 4.78 is 65.7. The zero-order valence-electron chi connectivity index (χ0n) is 17.9. The number of benzene rings is 3. The molecule has 4 N–H and O–H groups in total. The van der Waals surface area contributed by atoms with Gasteiger partial charge in [0.15, 0.2) is 0 Å². The van der Waals surface area contributed by atoms with E-state index in [0.29, 0.717) is 22.4 Å². The standard InChI is InChI=1S/C23H21F3N2O5S/c1-14-12-16(6-9-21(14)34(27,31)32)22(30)28-17-7-8-18(15(13-17)10-11-29)19-4-2-3-5-20(19)33-23(24,25)26/h2-9,12-13,29H,10-11H2,1H3,(H,28,30)(H2,27,31,32). The number of amides is 1. The van der Waals surface area contributed by atoms with Gasteiger partial charge in [-0.25, -0.2) is 13.6 Å². The van der Waals surface area contributed by atoms with E-state index in [9.17, 15) is 31.5 Å². The lowest BCUT2D eigenvalue weighted by molar-refractivity contribution is -0.274. The molecule has 0 saturated heterocycles. The lowest BCUT2D eigenvalue weighted by atomic mass is 9.96. The van der Waals surface area contributed by atoms with E-state index in [1.807, 2.05) is 0 Å². The van der Waals surface area contributed by atoms with Crippen LogP contribution in [-0.2, 0) is 16.4 Å². The minimum Gasteiger partial charge on any atom is -0.405 e. The molecule has 34 heavy (non-hydrogen) atoms. The maximum Gasteiger partial charge on any atom is 0.573 e. The van der Waals surface area contributed by atoms with Crippen LogP contribution in [0.5, 0.6) is 5.75 Å². The van der Waals surface area contributed by atoms with Crippen molar-refractivity contribution in [3.8, 4) is 16.9 Å². The molecule has 0 spiro atoms. The Kier molecular flexibility index (Phi) is 7.29. The van der Waals surface area contributed by atoms with Crippen LogP contribution in [-0.4, -0.2) is 32.4 Å². The molecule has 3 aromatic rings. The van der Waals surface area contributed by atoms with E-state index in [2.05, 4.69) is 10.1 Å². The number of carbonyl (C=O) groups is 1. The fourth-order valence-electron chi connectivity index (χ4n) is 3.48. The van der Waals surface area contributed by atoms with E-state index in [0.717, 1.165) is 0 Å². The minimum absolute atomic E-state index is 0.0987. The first-order valence-corrected chi connectivity index (χ1v) is 11.5. The van der Waals surface area contributed by atoms with E-state index in [4.69, 9.17) is 5.14 Å². The SMILES string of the molecule is Cc1cc(C(=O)Nc2ccc(-c3ccccc3OC(F)(F)F)c(CCO)c2)ccc1S(N)(=O)=O. The summed E-state index contributed by atoms with van der Waals surface area (Å²) in [6.45, 7) is 1.23. The van der Waals surface area contributed by atoms with Crippen molar-refractivity contribution in [3.05, 3.63) is 77.4 Å². The van der Waals surface area contributed by atoms with Crippen LogP contribution in [0.25, 0.3) is 11.1 Å². The van der Waals surface area contributed by atoms with Crippen molar-refractivity contribution >= 4 is 21.6 Å². The number of para-hydroxylation sites is 1. The molecule has 0 unspecified atom stereocenters. The summed E-state index contributed by atoms with van der Waals surface area (Å²) in [4.78, 5) is 12.6. The van der Waals surface area contributed by atoms with Gasteiger partial charge in [-0.1, -0.05) is 24.3 Å². The van der Waals surface area contributed by atoms with Gasteiger partial charge in [-0.15, -0.1) is 13.2 Å². The number of rotatable bonds is 7. The number of carbonyl (C=O) groups excluding carboxylic acids is 1. The van der Waals surface area contributed by atoms with Gasteiger partial charge in [0.1, 0.15) is 5.75 Å². The first kappa shape index (κ1) is 25.2. The number of aliphatic hydroxyl groups excluding tert-OH is 1. The number of nitrogens with one attached hydrogen (secondary N) is 1. The van der Waals surface area contributed by atoms with Gasteiger partial charge >= 0.3 is 6.36 Å². The largest absolute Gasteiger partial charge is 0.573 e. The fraction of sp³-hybridized carbons (Fsp3) is 0.174. The van der Waals surface area contributed by atoms with Gasteiger partial charge in [-0.3, -0.25) is 4.79 Å². The number of sulfonamides is 1. The maximum atomic E-state index is 12.8. The number of hydrogen-bond donors (Lipinski definition) is 3. The summed E-state index contributed by atoms with van der Waals surface area (Å²) in [5.74, 6) is -0.927. The molecular formula is C23H21F3N2O5S. The molecule has 180 valence electrons. The second-order valence-corrected chi connectivity index (χ2v) is 8.90. The summed E-state index contributed by atoms with van der Waals surface area (Å²) in [5, 5.41) is 17.3. The zero-order valence-corrected chi connectivity index (χ0v) is 18.7. The molecular weight excluding hydrogens is 473 g/mol. The molecule has 0 fully saturated rings. The summed E-state index contributed by atoms with van der Waals surface area (Å²) in [6, 6.07) is 14.1. The monoisotopic (exact) mass is 494 g/mol. The number of alkyl halides is 3. The van der Waals surface area contributed by atoms with Crippen LogP contribution in [0, 0.1) is 6.92 Å². The maximum absolute atomic E-state index is 12.8. The van der Waals surface area contributed by atoms with Crippen molar-refractivity contribution in [3.63, 3.8) is 0 Å². The van der Waals surface area contributed by atoms with Gasteiger partial charge in [0.05, 0.1) is 4.90 Å². The first-order valence-electron chi connectivity index (χ1n) is 9.93. The van der Waals surface area contributed by atoms with Crippen LogP contribution in [0.3, 0.4) is 0 Å². The Morgan fingerprint density at radius 1 is 1.06 bits per heavy atom. The molecule has 1 amide bonds. The van der Waals surface area contributed by atoms with Gasteiger partial charge in [0, 0.05) is 23.4 Å². The van der Waals surface area contributed by atoms with Gasteiger partial charge in [-0.05, 0) is 66.4 Å². The lowest BCUT2D eigenvalue weighted by Gasteiger charge is -2.17. The predicted octanol–water partition coefficient (Wildman–Crippen LogP) is 4.00. The van der Waals surface area contributed by atoms with E-state index in [-0.39, 0.29) is 29.1 Å². The molecule has 0 atom stereocenters. The molecule has 0 saturated carbocycles. The summed E-state index contributed by atoms with van der Waals surface area (Å²) in [5.41, 5.74) is 1.88. The normalized spacial score (nSPS) is 11.8. The summed E-state index contributed by atoms with van der Waals surface area (Å²) in [7, 11) is -3.93. The van der Waals surface area contributed by atoms with E-state index >= 15 is 0 Å². The highest BCUT2D eigenvalue weighted by molar-refractivity contribution is 7.89. The number of halogens is 3. The van der Waals surface area contributed by atoms with Gasteiger partial charge in [0.2, 0.25) is 10.0 Å². The third-order valence-electron chi connectivity index (χ3n) is 4.89. The van der Waals surface area contributed by atoms with Crippen molar-refractivity contribution in [2.45, 2.75) is 24.6 Å². The second-order valence-electron chi connectivity index (χ2n) is 7.37. The molecule has 0 heterocycles. The van der Waals surface area contributed by atoms with Crippen molar-refractivity contribution in [1.29, 1.82) is 0 Å². The predicted molar refractivity (Wildman–Crippen MR) is 120 cm³/mol. The van der Waals surface area contributed by atoms with Crippen LogP contribution in [0.4, 0.5) is 18.9 Å². The Hall–Kier alpha value is -3.41. The molecule has 3 aromatic carbocycles. The highest BCUT2D eigenvalue weighted by atomic mass is 32.2. The summed E-state index contributed by atoms with van der Waals surface area (Å²) >= 11 is 0. The summed E-state index contributed by atoms with van der Waals surface area (Å²) in [6.07, 6.45) is -4.76. The average Bonchev–Trinajstić information content (AvgIpc) is 2.73. The number of aliphatic hydroxyl groups is 1. The molecule has 0 aromatic heterocycles. The first-order chi connectivity index (χ1) is 15.9. The van der Waals surface area contributed by atoms with Crippen LogP contribution >= 0.6 is 0 Å². The average molecular weight is 494 g/mol. The Morgan fingerprint density at radius 3 is 2.38 bits per heavy atom. The van der Waals surface area contributed by atoms with Crippen LogP contribution in [0.15, 0.2) is 65.6 Å². The molecule has 0 aliphatic carbocycles. The number of hydrogen-bond acceptors (Lipinski definition) is 5. The highest BCUT2D eigenvalue weighted by Gasteiger charge is 2.32. The Labute approximate surface area is 194 Å². The Balaban J connectivity index is 1.93. The van der Waals surface area contributed by atoms with Crippen molar-refractivity contribution in [2.75, 3.05) is 11.9 Å². The van der Waals surface area contributed by atoms with Crippen LogP contribution < -0.4 is 15.2 Å². The number of ether oxygens (including phenoxy) is 1. The molecule has 7 nitrogen and oxygen atoms in total. The topological polar surface area (TPSA) is 119 Å². The van der Waals surface area contributed by atoms with Gasteiger partial charge in [-0.2, -0.15) is 0 Å². The van der Waals surface area contributed by atoms with Gasteiger partial charge < -0.3 is 15.2 Å².